The van der Waals surface area contributed by atoms with Gasteiger partial charge in [0.1, 0.15) is 5.76 Å². The van der Waals surface area contributed by atoms with E-state index in [4.69, 9.17) is 8.83 Å². The van der Waals surface area contributed by atoms with Crippen LogP contribution in [0.4, 0.5) is 18.9 Å². The first-order valence-electron chi connectivity index (χ1n) is 8.95. The van der Waals surface area contributed by atoms with E-state index < -0.39 is 29.3 Å². The number of halogens is 3. The van der Waals surface area contributed by atoms with Crippen molar-refractivity contribution in [3.63, 3.8) is 0 Å². The molecule has 154 valence electrons. The molecule has 0 bridgehead atoms. The topological polar surface area (TPSA) is 85.3 Å². The summed E-state index contributed by atoms with van der Waals surface area (Å²) >= 11 is 0. The van der Waals surface area contributed by atoms with Gasteiger partial charge in [0.25, 0.3) is 5.91 Å². The Morgan fingerprint density at radius 2 is 1.97 bits per heavy atom. The monoisotopic (exact) mass is 416 g/mol. The molecule has 1 amide bonds. The first kappa shape index (κ1) is 19.7. The van der Waals surface area contributed by atoms with Crippen LogP contribution in [0, 0.1) is 12.8 Å². The van der Waals surface area contributed by atoms with Crippen LogP contribution in [0.15, 0.2) is 68.6 Å². The fourth-order valence-corrected chi connectivity index (χ4v) is 3.35. The van der Waals surface area contributed by atoms with Gasteiger partial charge in [0, 0.05) is 6.07 Å². The summed E-state index contributed by atoms with van der Waals surface area (Å²) in [6.07, 6.45) is 1.73. The molecule has 2 atom stereocenters. The average molecular weight is 416 g/mol. The number of hydrogen-bond acceptors (Lipinski definition) is 5. The maximum Gasteiger partial charge on any atom is 0.396 e. The van der Waals surface area contributed by atoms with Gasteiger partial charge in [-0.1, -0.05) is 30.4 Å². The lowest BCUT2D eigenvalue weighted by atomic mass is 9.85. The molecule has 2 heterocycles. The van der Waals surface area contributed by atoms with Gasteiger partial charge in [0.15, 0.2) is 17.4 Å². The number of amides is 1. The molecule has 1 aliphatic rings. The molecule has 1 aliphatic carbocycles. The van der Waals surface area contributed by atoms with Crippen LogP contribution in [-0.2, 0) is 0 Å². The Hall–Kier alpha value is -3.62. The van der Waals surface area contributed by atoms with Crippen molar-refractivity contribution >= 4 is 22.6 Å². The minimum atomic E-state index is -4.52. The molecule has 0 spiro atoms. The highest BCUT2D eigenvalue weighted by Gasteiger charge is 2.44. The molecule has 9 heteroatoms. The molecule has 0 radical (unpaired) electrons. The number of alkyl halides is 3. The smallest absolute Gasteiger partial charge is 0.396 e. The van der Waals surface area contributed by atoms with E-state index >= 15 is 0 Å². The van der Waals surface area contributed by atoms with Crippen molar-refractivity contribution in [1.29, 1.82) is 0 Å². The number of hydrogen-bond donors (Lipinski definition) is 1. The number of allylic oxidation sites excluding steroid dienone is 4. The van der Waals surface area contributed by atoms with Gasteiger partial charge < -0.3 is 14.2 Å². The van der Waals surface area contributed by atoms with Crippen molar-refractivity contribution in [3.8, 4) is 0 Å². The molecule has 3 aromatic rings. The number of para-hydroxylation sites is 1. The van der Waals surface area contributed by atoms with Gasteiger partial charge in [-0.15, -0.1) is 0 Å². The van der Waals surface area contributed by atoms with Gasteiger partial charge in [-0.2, -0.15) is 13.2 Å². The van der Waals surface area contributed by atoms with E-state index in [1.807, 2.05) is 0 Å². The third-order valence-corrected chi connectivity index (χ3v) is 4.82. The number of benzene rings is 1. The summed E-state index contributed by atoms with van der Waals surface area (Å²) in [7, 11) is 0. The Bertz CT molecular complexity index is 1240. The predicted octanol–water partition coefficient (Wildman–Crippen LogP) is 4.73. The SMILES string of the molecule is Cc1ncoc1C(=O)Nc1cccc2c(=O)cc(C3C=CC=CC3C(F)(F)F)oc12. The van der Waals surface area contributed by atoms with Crippen LogP contribution in [0.25, 0.3) is 11.0 Å². The molecule has 0 saturated carbocycles. The van der Waals surface area contributed by atoms with E-state index in [1.54, 1.807) is 6.92 Å². The number of oxazole rings is 1. The molecule has 0 fully saturated rings. The summed E-state index contributed by atoms with van der Waals surface area (Å²) in [5.74, 6) is -3.83. The van der Waals surface area contributed by atoms with Gasteiger partial charge in [-0.05, 0) is 19.1 Å². The summed E-state index contributed by atoms with van der Waals surface area (Å²) in [4.78, 5) is 28.9. The summed E-state index contributed by atoms with van der Waals surface area (Å²) in [5.41, 5.74) is -0.0374. The largest absolute Gasteiger partial charge is 0.458 e. The van der Waals surface area contributed by atoms with Crippen LogP contribution < -0.4 is 10.7 Å². The molecule has 0 saturated heterocycles. The quantitative estimate of drug-likeness (QED) is 0.667. The van der Waals surface area contributed by atoms with E-state index in [1.165, 1.54) is 36.4 Å². The maximum absolute atomic E-state index is 13.5. The van der Waals surface area contributed by atoms with E-state index in [0.29, 0.717) is 5.69 Å². The number of aromatic nitrogens is 1. The van der Waals surface area contributed by atoms with Crippen molar-refractivity contribution in [2.75, 3.05) is 5.32 Å². The second-order valence-electron chi connectivity index (χ2n) is 6.78. The summed E-state index contributed by atoms with van der Waals surface area (Å²) in [6.45, 7) is 1.58. The minimum absolute atomic E-state index is 0.0191. The molecular formula is C21H15F3N2O4. The van der Waals surface area contributed by atoms with Crippen LogP contribution in [0.2, 0.25) is 0 Å². The Morgan fingerprint density at radius 3 is 2.67 bits per heavy atom. The number of rotatable bonds is 3. The second-order valence-corrected chi connectivity index (χ2v) is 6.78. The molecule has 30 heavy (non-hydrogen) atoms. The second kappa shape index (κ2) is 7.33. The zero-order valence-corrected chi connectivity index (χ0v) is 15.6. The zero-order valence-electron chi connectivity index (χ0n) is 15.6. The number of nitrogens with one attached hydrogen (secondary N) is 1. The Morgan fingerprint density at radius 1 is 1.20 bits per heavy atom. The molecule has 2 unspecified atom stereocenters. The predicted molar refractivity (Wildman–Crippen MR) is 102 cm³/mol. The van der Waals surface area contributed by atoms with E-state index in [-0.39, 0.29) is 28.2 Å². The minimum Gasteiger partial charge on any atom is -0.458 e. The van der Waals surface area contributed by atoms with Crippen molar-refractivity contribution in [2.24, 2.45) is 5.92 Å². The van der Waals surface area contributed by atoms with Crippen LogP contribution in [-0.4, -0.2) is 17.1 Å². The molecular weight excluding hydrogens is 401 g/mol. The van der Waals surface area contributed by atoms with Crippen LogP contribution in [0.5, 0.6) is 0 Å². The third kappa shape index (κ3) is 3.54. The van der Waals surface area contributed by atoms with Gasteiger partial charge in [-0.25, -0.2) is 4.98 Å². The fraction of sp³-hybridized carbons (Fsp3) is 0.190. The lowest BCUT2D eigenvalue weighted by Gasteiger charge is -2.25. The van der Waals surface area contributed by atoms with E-state index in [2.05, 4.69) is 10.3 Å². The normalized spacial score (nSPS) is 18.7. The van der Waals surface area contributed by atoms with Crippen molar-refractivity contribution < 1.29 is 26.8 Å². The van der Waals surface area contributed by atoms with Gasteiger partial charge in [-0.3, -0.25) is 9.59 Å². The lowest BCUT2D eigenvalue weighted by molar-refractivity contribution is -0.165. The molecule has 2 aromatic heterocycles. The highest BCUT2D eigenvalue weighted by atomic mass is 19.4. The number of carbonyl (C=O) groups excluding carboxylic acids is 1. The average Bonchev–Trinajstić information content (AvgIpc) is 3.14. The number of carbonyl (C=O) groups is 1. The zero-order chi connectivity index (χ0) is 21.5. The fourth-order valence-electron chi connectivity index (χ4n) is 3.35. The van der Waals surface area contributed by atoms with Crippen molar-refractivity contribution in [2.45, 2.75) is 19.0 Å². The Balaban J connectivity index is 1.79. The molecule has 1 N–H and O–H groups in total. The van der Waals surface area contributed by atoms with Gasteiger partial charge in [0.2, 0.25) is 5.76 Å². The maximum atomic E-state index is 13.5. The summed E-state index contributed by atoms with van der Waals surface area (Å²) < 4.78 is 51.2. The van der Waals surface area contributed by atoms with Crippen molar-refractivity contribution in [3.05, 3.63) is 82.4 Å². The van der Waals surface area contributed by atoms with Gasteiger partial charge >= 0.3 is 6.18 Å². The third-order valence-electron chi connectivity index (χ3n) is 4.82. The molecule has 1 aromatic carbocycles. The first-order chi connectivity index (χ1) is 14.3. The van der Waals surface area contributed by atoms with Crippen LogP contribution in [0.3, 0.4) is 0 Å². The highest BCUT2D eigenvalue weighted by molar-refractivity contribution is 6.06. The Kier molecular flexibility index (Phi) is 4.81. The standard InChI is InChI=1S/C21H15F3N2O4/c1-11-18(29-10-25-11)20(28)26-15-8-4-6-13-16(27)9-17(30-19(13)15)12-5-2-3-7-14(12)21(22,23)24/h2-10,12,14H,1H3,(H,26,28). The number of anilines is 1. The van der Waals surface area contributed by atoms with Crippen LogP contribution >= 0.6 is 0 Å². The summed E-state index contributed by atoms with van der Waals surface area (Å²) in [6, 6.07) is 5.54. The lowest BCUT2D eigenvalue weighted by Crippen LogP contribution is -2.28. The van der Waals surface area contributed by atoms with E-state index in [9.17, 15) is 22.8 Å². The molecule has 4 rings (SSSR count). The van der Waals surface area contributed by atoms with Gasteiger partial charge in [0.05, 0.1) is 28.6 Å². The number of aryl methyl sites for hydroxylation is 1. The number of fused-ring (bicyclic) bond motifs is 1. The Labute approximate surface area is 167 Å². The first-order valence-corrected chi connectivity index (χ1v) is 8.95. The number of nitrogens with zero attached hydrogens (tertiary/aromatic N) is 1. The molecule has 0 aliphatic heterocycles. The highest BCUT2D eigenvalue weighted by Crippen LogP contribution is 2.41. The molecule has 6 nitrogen and oxygen atoms in total. The van der Waals surface area contributed by atoms with Crippen LogP contribution in [0.1, 0.15) is 27.9 Å². The van der Waals surface area contributed by atoms with E-state index in [0.717, 1.165) is 18.5 Å². The van der Waals surface area contributed by atoms with Crippen molar-refractivity contribution in [1.82, 2.24) is 4.98 Å². The summed E-state index contributed by atoms with van der Waals surface area (Å²) in [5, 5.41) is 2.70.